The van der Waals surface area contributed by atoms with Crippen LogP contribution in [0.15, 0.2) is 4.99 Å². The number of aliphatic imine (C=N–C) groups is 1. The van der Waals surface area contributed by atoms with Crippen LogP contribution in [0.1, 0.15) is 26.2 Å². The summed E-state index contributed by atoms with van der Waals surface area (Å²) in [7, 11) is 0. The number of carboxylic acid groups (broad SMARTS) is 1. The van der Waals surface area contributed by atoms with Gasteiger partial charge in [-0.25, -0.2) is 0 Å². The van der Waals surface area contributed by atoms with E-state index in [2.05, 4.69) is 4.99 Å². The van der Waals surface area contributed by atoms with Crippen molar-refractivity contribution in [1.29, 1.82) is 0 Å². The van der Waals surface area contributed by atoms with E-state index in [9.17, 15) is 4.79 Å². The minimum absolute atomic E-state index is 0.474. The van der Waals surface area contributed by atoms with Gasteiger partial charge in [0.15, 0.2) is 0 Å². The maximum atomic E-state index is 10.5. The summed E-state index contributed by atoms with van der Waals surface area (Å²) < 4.78 is 5.43. The van der Waals surface area contributed by atoms with Gasteiger partial charge >= 0.3 is 5.97 Å². The average Bonchev–Trinajstić information content (AvgIpc) is 2.95. The number of ether oxygens (including phenoxy) is 1. The van der Waals surface area contributed by atoms with Crippen molar-refractivity contribution in [2.75, 3.05) is 6.54 Å². The van der Waals surface area contributed by atoms with Crippen LogP contribution in [0.5, 0.6) is 0 Å². The van der Waals surface area contributed by atoms with Gasteiger partial charge in [-0.15, -0.1) is 0 Å². The number of nitrogens with zero attached hydrogens (tertiary/aromatic N) is 1. The number of carbonyl (C=O) groups is 1. The fourth-order valence-corrected chi connectivity index (χ4v) is 2.08. The third kappa shape index (κ3) is 2.78. The molecule has 1 saturated heterocycles. The van der Waals surface area contributed by atoms with Crippen LogP contribution in [0.2, 0.25) is 0 Å². The lowest BCUT2D eigenvalue weighted by Crippen LogP contribution is -2.17. The second-order valence-corrected chi connectivity index (χ2v) is 4.53. The Labute approximate surface area is 89.3 Å². The smallest absolute Gasteiger partial charge is 0.311 e. The zero-order chi connectivity index (χ0) is 10.8. The van der Waals surface area contributed by atoms with Crippen LogP contribution < -0.4 is 0 Å². The highest BCUT2D eigenvalue weighted by molar-refractivity contribution is 5.87. The van der Waals surface area contributed by atoms with Crippen molar-refractivity contribution in [2.24, 2.45) is 16.8 Å². The second kappa shape index (κ2) is 4.31. The van der Waals surface area contributed by atoms with E-state index in [4.69, 9.17) is 9.84 Å². The topological polar surface area (TPSA) is 62.2 Å². The van der Waals surface area contributed by atoms with Crippen molar-refractivity contribution < 1.29 is 14.6 Å². The van der Waals surface area contributed by atoms with Crippen molar-refractivity contribution in [3.8, 4) is 0 Å². The molecule has 2 aliphatic rings. The molecular weight excluding hydrogens is 194 g/mol. The third-order valence-electron chi connectivity index (χ3n) is 3.19. The number of rotatable bonds is 4. The molecule has 0 amide bonds. The van der Waals surface area contributed by atoms with E-state index in [1.165, 1.54) is 6.42 Å². The number of fused-ring (bicyclic) bond motifs is 1. The van der Waals surface area contributed by atoms with Crippen LogP contribution in [0.3, 0.4) is 0 Å². The monoisotopic (exact) mass is 211 g/mol. The predicted molar refractivity (Wildman–Crippen MR) is 56.2 cm³/mol. The first kappa shape index (κ1) is 10.6. The summed E-state index contributed by atoms with van der Waals surface area (Å²) >= 11 is 0. The highest BCUT2D eigenvalue weighted by Gasteiger charge is 2.43. The Morgan fingerprint density at radius 2 is 2.40 bits per heavy atom. The van der Waals surface area contributed by atoms with Gasteiger partial charge in [0.25, 0.3) is 0 Å². The summed E-state index contributed by atoms with van der Waals surface area (Å²) in [6.07, 6.45) is 5.98. The van der Waals surface area contributed by atoms with Crippen molar-refractivity contribution in [1.82, 2.24) is 0 Å². The molecule has 1 aliphatic heterocycles. The zero-order valence-electron chi connectivity index (χ0n) is 8.93. The number of carboxylic acids is 1. The molecule has 2 fully saturated rings. The summed E-state index contributed by atoms with van der Waals surface area (Å²) in [5, 5.41) is 8.66. The van der Waals surface area contributed by atoms with E-state index >= 15 is 0 Å². The van der Waals surface area contributed by atoms with Gasteiger partial charge in [0.1, 0.15) is 0 Å². The first-order chi connectivity index (χ1) is 7.16. The molecule has 4 heteroatoms. The summed E-state index contributed by atoms with van der Waals surface area (Å²) in [6, 6.07) is 0. The lowest BCUT2D eigenvalue weighted by molar-refractivity contribution is -0.138. The molecule has 1 N–H and O–H groups in total. The summed E-state index contributed by atoms with van der Waals surface area (Å²) in [5.74, 6) is -0.697. The van der Waals surface area contributed by atoms with Gasteiger partial charge < -0.3 is 9.84 Å². The molecule has 1 saturated carbocycles. The Bertz CT molecular complexity index is 277. The Morgan fingerprint density at radius 1 is 1.60 bits per heavy atom. The normalized spacial score (nSPS) is 36.2. The van der Waals surface area contributed by atoms with Gasteiger partial charge in [0, 0.05) is 12.8 Å². The summed E-state index contributed by atoms with van der Waals surface area (Å²) in [4.78, 5) is 14.7. The molecule has 4 atom stereocenters. The second-order valence-electron chi connectivity index (χ2n) is 4.53. The van der Waals surface area contributed by atoms with Crippen LogP contribution >= 0.6 is 0 Å². The lowest BCUT2D eigenvalue weighted by atomic mass is 9.89. The number of aliphatic carboxylic acids is 1. The molecule has 1 heterocycles. The maximum Gasteiger partial charge on any atom is 0.311 e. The molecule has 4 unspecified atom stereocenters. The third-order valence-corrected chi connectivity index (χ3v) is 3.19. The number of hydrogen-bond acceptors (Lipinski definition) is 3. The molecule has 2 rings (SSSR count). The minimum atomic E-state index is -0.812. The van der Waals surface area contributed by atoms with Crippen LogP contribution in [-0.4, -0.2) is 36.0 Å². The minimum Gasteiger partial charge on any atom is -0.481 e. The van der Waals surface area contributed by atoms with Crippen molar-refractivity contribution in [2.45, 2.75) is 38.4 Å². The first-order valence-electron chi connectivity index (χ1n) is 5.55. The van der Waals surface area contributed by atoms with E-state index in [0.717, 1.165) is 19.4 Å². The molecule has 4 nitrogen and oxygen atoms in total. The highest BCUT2D eigenvalue weighted by Crippen LogP contribution is 2.39. The molecule has 0 bridgehead atoms. The standard InChI is InChI=1S/C11H17NO3/c1-7(11(13)14)5-12-6-8-2-3-9-10(4-8)15-9/h5,7-10H,2-4,6H2,1H3,(H,13,14). The Kier molecular flexibility index (Phi) is 3.05. The molecule has 0 aromatic heterocycles. The molecule has 0 spiro atoms. The Balaban J connectivity index is 1.70. The van der Waals surface area contributed by atoms with Crippen LogP contribution in [0.25, 0.3) is 0 Å². The quantitative estimate of drug-likeness (QED) is 0.564. The predicted octanol–water partition coefficient (Wildman–Crippen LogP) is 1.35. The molecule has 1 aliphatic carbocycles. The Hall–Kier alpha value is -0.900. The maximum absolute atomic E-state index is 10.5. The van der Waals surface area contributed by atoms with E-state index in [-0.39, 0.29) is 0 Å². The van der Waals surface area contributed by atoms with Crippen LogP contribution in [0.4, 0.5) is 0 Å². The molecule has 0 radical (unpaired) electrons. The van der Waals surface area contributed by atoms with Gasteiger partial charge in [-0.3, -0.25) is 9.79 Å². The van der Waals surface area contributed by atoms with Crippen molar-refractivity contribution in [3.63, 3.8) is 0 Å². The van der Waals surface area contributed by atoms with Crippen LogP contribution in [0, 0.1) is 11.8 Å². The highest BCUT2D eigenvalue weighted by atomic mass is 16.6. The molecule has 0 aromatic carbocycles. The zero-order valence-corrected chi connectivity index (χ0v) is 8.93. The van der Waals surface area contributed by atoms with Crippen molar-refractivity contribution >= 4 is 12.2 Å². The molecular formula is C11H17NO3. The summed E-state index contributed by atoms with van der Waals surface area (Å²) in [6.45, 7) is 2.40. The largest absolute Gasteiger partial charge is 0.481 e. The van der Waals surface area contributed by atoms with Crippen LogP contribution in [-0.2, 0) is 9.53 Å². The van der Waals surface area contributed by atoms with Gasteiger partial charge in [0.2, 0.25) is 0 Å². The fourth-order valence-electron chi connectivity index (χ4n) is 2.08. The van der Waals surface area contributed by atoms with E-state index < -0.39 is 11.9 Å². The fraction of sp³-hybridized carbons (Fsp3) is 0.818. The first-order valence-corrected chi connectivity index (χ1v) is 5.55. The van der Waals surface area contributed by atoms with Gasteiger partial charge in [0.05, 0.1) is 18.1 Å². The molecule has 84 valence electrons. The van der Waals surface area contributed by atoms with E-state index in [0.29, 0.717) is 18.1 Å². The van der Waals surface area contributed by atoms with Gasteiger partial charge in [-0.05, 0) is 32.1 Å². The Morgan fingerprint density at radius 3 is 3.07 bits per heavy atom. The number of hydrogen-bond donors (Lipinski definition) is 1. The molecule has 15 heavy (non-hydrogen) atoms. The van der Waals surface area contributed by atoms with Crippen molar-refractivity contribution in [3.05, 3.63) is 0 Å². The number of epoxide rings is 1. The van der Waals surface area contributed by atoms with E-state index in [1.54, 1.807) is 13.1 Å². The summed E-state index contributed by atoms with van der Waals surface area (Å²) in [5.41, 5.74) is 0. The molecule has 0 aromatic rings. The van der Waals surface area contributed by atoms with Gasteiger partial charge in [-0.2, -0.15) is 0 Å². The lowest BCUT2D eigenvalue weighted by Gasteiger charge is -2.16. The van der Waals surface area contributed by atoms with Gasteiger partial charge in [-0.1, -0.05) is 0 Å². The average molecular weight is 211 g/mol. The SMILES string of the molecule is CC(C=NCC1CCC2OC2C1)C(=O)O. The van der Waals surface area contributed by atoms with E-state index in [1.807, 2.05) is 0 Å².